The molecular formula is C16H14F2O3. The fraction of sp³-hybridized carbons (Fsp3) is 0.250. The van der Waals surface area contributed by atoms with E-state index in [1.807, 2.05) is 6.07 Å². The first-order valence-electron chi connectivity index (χ1n) is 6.55. The highest BCUT2D eigenvalue weighted by Gasteiger charge is 2.33. The molecule has 0 aliphatic heterocycles. The summed E-state index contributed by atoms with van der Waals surface area (Å²) in [4.78, 5) is 0. The highest BCUT2D eigenvalue weighted by atomic mass is 19.1. The number of aliphatic hydroxyl groups excluding tert-OH is 1. The number of methoxy groups -OCH3 is 1. The van der Waals surface area contributed by atoms with Crippen molar-refractivity contribution in [1.82, 2.24) is 0 Å². The molecule has 0 amide bonds. The lowest BCUT2D eigenvalue weighted by Crippen LogP contribution is -2.22. The van der Waals surface area contributed by atoms with Crippen LogP contribution in [0.4, 0.5) is 8.78 Å². The van der Waals surface area contributed by atoms with Gasteiger partial charge in [0.25, 0.3) is 0 Å². The zero-order chi connectivity index (χ0) is 15.0. The maximum atomic E-state index is 13.6. The molecule has 0 spiro atoms. The number of rotatable bonds is 3. The first-order chi connectivity index (χ1) is 10.1. The predicted octanol–water partition coefficient (Wildman–Crippen LogP) is 3.01. The minimum atomic E-state index is -0.905. The number of fused-ring (bicyclic) bond motifs is 1. The second kappa shape index (κ2) is 5.33. The molecule has 2 aromatic carbocycles. The van der Waals surface area contributed by atoms with Crippen LogP contribution in [0.15, 0.2) is 36.4 Å². The predicted molar refractivity (Wildman–Crippen MR) is 72.4 cm³/mol. The maximum absolute atomic E-state index is 13.6. The summed E-state index contributed by atoms with van der Waals surface area (Å²) >= 11 is 0. The van der Waals surface area contributed by atoms with Gasteiger partial charge in [-0.05, 0) is 35.4 Å². The van der Waals surface area contributed by atoms with Gasteiger partial charge in [-0.2, -0.15) is 0 Å². The number of ether oxygens (including phenoxy) is 2. The van der Waals surface area contributed by atoms with E-state index >= 15 is 0 Å². The number of halogens is 2. The maximum Gasteiger partial charge on any atom is 0.165 e. The van der Waals surface area contributed by atoms with E-state index in [9.17, 15) is 13.9 Å². The molecule has 110 valence electrons. The van der Waals surface area contributed by atoms with Crippen LogP contribution in [-0.2, 0) is 6.42 Å². The summed E-state index contributed by atoms with van der Waals surface area (Å²) in [5.41, 5.74) is 1.60. The Morgan fingerprint density at radius 2 is 1.95 bits per heavy atom. The van der Waals surface area contributed by atoms with Gasteiger partial charge in [0.15, 0.2) is 11.6 Å². The van der Waals surface area contributed by atoms with Gasteiger partial charge in [-0.1, -0.05) is 6.07 Å². The van der Waals surface area contributed by atoms with Crippen molar-refractivity contribution in [2.75, 3.05) is 7.11 Å². The smallest absolute Gasteiger partial charge is 0.165 e. The van der Waals surface area contributed by atoms with Crippen LogP contribution < -0.4 is 9.47 Å². The average Bonchev–Trinajstić information content (AvgIpc) is 2.79. The van der Waals surface area contributed by atoms with Crippen LogP contribution in [0.1, 0.15) is 17.2 Å². The molecule has 0 radical (unpaired) electrons. The first kappa shape index (κ1) is 13.8. The van der Waals surface area contributed by atoms with Crippen molar-refractivity contribution >= 4 is 0 Å². The van der Waals surface area contributed by atoms with Crippen LogP contribution in [-0.4, -0.2) is 18.3 Å². The molecule has 0 saturated heterocycles. The van der Waals surface area contributed by atoms with Crippen LogP contribution in [0.2, 0.25) is 0 Å². The lowest BCUT2D eigenvalue weighted by atomic mass is 10.1. The molecule has 21 heavy (non-hydrogen) atoms. The number of hydrogen-bond acceptors (Lipinski definition) is 3. The second-order valence-corrected chi connectivity index (χ2v) is 4.94. The lowest BCUT2D eigenvalue weighted by Gasteiger charge is -2.18. The molecule has 2 atom stereocenters. The first-order valence-corrected chi connectivity index (χ1v) is 6.55. The Kier molecular flexibility index (Phi) is 3.51. The summed E-state index contributed by atoms with van der Waals surface area (Å²) in [6, 6.07) is 8.35. The average molecular weight is 292 g/mol. The summed E-state index contributed by atoms with van der Waals surface area (Å²) in [6.07, 6.45) is -1.13. The van der Waals surface area contributed by atoms with E-state index in [0.717, 1.165) is 23.8 Å². The molecule has 1 N–H and O–H groups in total. The van der Waals surface area contributed by atoms with E-state index in [-0.39, 0.29) is 5.75 Å². The van der Waals surface area contributed by atoms with Crippen molar-refractivity contribution in [3.05, 3.63) is 59.2 Å². The van der Waals surface area contributed by atoms with Gasteiger partial charge in [0.05, 0.1) is 7.11 Å². The normalized spacial score (nSPS) is 20.2. The SMILES string of the molecule is COc1ccc2c(c1)C(O)C(Oc1cc(F)ccc1F)C2. The zero-order valence-corrected chi connectivity index (χ0v) is 11.3. The second-order valence-electron chi connectivity index (χ2n) is 4.94. The van der Waals surface area contributed by atoms with E-state index in [2.05, 4.69) is 0 Å². The Labute approximate surface area is 120 Å². The van der Waals surface area contributed by atoms with Gasteiger partial charge in [0, 0.05) is 12.5 Å². The van der Waals surface area contributed by atoms with Crippen LogP contribution in [0.25, 0.3) is 0 Å². The van der Waals surface area contributed by atoms with Crippen molar-refractivity contribution in [2.45, 2.75) is 18.6 Å². The number of hydrogen-bond donors (Lipinski definition) is 1. The molecule has 2 unspecified atom stereocenters. The Morgan fingerprint density at radius 3 is 2.71 bits per heavy atom. The van der Waals surface area contributed by atoms with Gasteiger partial charge < -0.3 is 14.6 Å². The summed E-state index contributed by atoms with van der Waals surface area (Å²) in [5, 5.41) is 10.3. The van der Waals surface area contributed by atoms with Crippen molar-refractivity contribution in [3.63, 3.8) is 0 Å². The van der Waals surface area contributed by atoms with E-state index in [0.29, 0.717) is 17.7 Å². The highest BCUT2D eigenvalue weighted by Crippen LogP contribution is 2.36. The van der Waals surface area contributed by atoms with Gasteiger partial charge in [-0.25, -0.2) is 8.78 Å². The molecule has 3 nitrogen and oxygen atoms in total. The molecular weight excluding hydrogens is 278 g/mol. The number of aliphatic hydroxyl groups is 1. The molecule has 1 aliphatic rings. The van der Waals surface area contributed by atoms with Crippen molar-refractivity contribution in [3.8, 4) is 11.5 Å². The van der Waals surface area contributed by atoms with Gasteiger partial charge in [0.1, 0.15) is 23.8 Å². The van der Waals surface area contributed by atoms with E-state index < -0.39 is 23.8 Å². The molecule has 3 rings (SSSR count). The highest BCUT2D eigenvalue weighted by molar-refractivity contribution is 5.42. The van der Waals surface area contributed by atoms with E-state index in [1.54, 1.807) is 19.2 Å². The minimum absolute atomic E-state index is 0.196. The summed E-state index contributed by atoms with van der Waals surface area (Å²) < 4.78 is 37.3. The molecule has 0 aromatic heterocycles. The van der Waals surface area contributed by atoms with E-state index in [4.69, 9.17) is 9.47 Å². The van der Waals surface area contributed by atoms with Crippen molar-refractivity contribution in [1.29, 1.82) is 0 Å². The van der Waals surface area contributed by atoms with Crippen LogP contribution in [0.3, 0.4) is 0 Å². The summed E-state index contributed by atoms with van der Waals surface area (Å²) in [5.74, 6) is -0.806. The number of benzene rings is 2. The molecule has 0 bridgehead atoms. The van der Waals surface area contributed by atoms with Crippen LogP contribution in [0, 0.1) is 11.6 Å². The molecule has 1 aliphatic carbocycles. The van der Waals surface area contributed by atoms with Gasteiger partial charge in [-0.15, -0.1) is 0 Å². The monoisotopic (exact) mass is 292 g/mol. The lowest BCUT2D eigenvalue weighted by molar-refractivity contribution is 0.0466. The van der Waals surface area contributed by atoms with Crippen molar-refractivity contribution < 1.29 is 23.4 Å². The molecule has 5 heteroatoms. The topological polar surface area (TPSA) is 38.7 Å². The Hall–Kier alpha value is -2.14. The van der Waals surface area contributed by atoms with Crippen molar-refractivity contribution in [2.24, 2.45) is 0 Å². The van der Waals surface area contributed by atoms with Crippen LogP contribution in [0.5, 0.6) is 11.5 Å². The third-order valence-electron chi connectivity index (χ3n) is 3.62. The fourth-order valence-corrected chi connectivity index (χ4v) is 2.53. The Balaban J connectivity index is 1.84. The Morgan fingerprint density at radius 1 is 1.14 bits per heavy atom. The molecule has 0 saturated carbocycles. The van der Waals surface area contributed by atoms with Gasteiger partial charge in [0.2, 0.25) is 0 Å². The minimum Gasteiger partial charge on any atom is -0.497 e. The summed E-state index contributed by atoms with van der Waals surface area (Å²) in [7, 11) is 1.54. The third kappa shape index (κ3) is 2.56. The van der Waals surface area contributed by atoms with Crippen LogP contribution >= 0.6 is 0 Å². The quantitative estimate of drug-likeness (QED) is 0.945. The zero-order valence-electron chi connectivity index (χ0n) is 11.3. The standard InChI is InChI=1S/C16H14F2O3/c1-20-11-4-2-9-6-15(16(19)12(9)8-11)21-14-7-10(17)3-5-13(14)18/h2-5,7-8,15-16,19H,6H2,1H3. The third-order valence-corrected chi connectivity index (χ3v) is 3.62. The molecule has 2 aromatic rings. The van der Waals surface area contributed by atoms with Gasteiger partial charge >= 0.3 is 0 Å². The largest absolute Gasteiger partial charge is 0.497 e. The van der Waals surface area contributed by atoms with Gasteiger partial charge in [-0.3, -0.25) is 0 Å². The fourth-order valence-electron chi connectivity index (χ4n) is 2.53. The summed E-state index contributed by atoms with van der Waals surface area (Å²) in [6.45, 7) is 0. The Bertz CT molecular complexity index is 673. The molecule has 0 fully saturated rings. The van der Waals surface area contributed by atoms with E-state index in [1.165, 1.54) is 0 Å². The molecule has 0 heterocycles.